The summed E-state index contributed by atoms with van der Waals surface area (Å²) in [6.07, 6.45) is 6.80. The van der Waals surface area contributed by atoms with E-state index in [1.54, 1.807) is 0 Å². The van der Waals surface area contributed by atoms with Crippen molar-refractivity contribution in [3.63, 3.8) is 0 Å². The summed E-state index contributed by atoms with van der Waals surface area (Å²) in [5.74, 6) is 0.643. The molecule has 102 valence electrons. The Hall–Kier alpha value is -1.55. The quantitative estimate of drug-likeness (QED) is 0.794. The number of rotatable bonds is 3. The first-order valence-corrected chi connectivity index (χ1v) is 7.12. The molecular weight excluding hydrogens is 240 g/mol. The molecule has 0 bridgehead atoms. The van der Waals surface area contributed by atoms with Crippen molar-refractivity contribution in [1.82, 2.24) is 9.97 Å². The number of benzene rings is 1. The highest BCUT2D eigenvalue weighted by Gasteiger charge is 2.18. The van der Waals surface area contributed by atoms with Gasteiger partial charge in [0.25, 0.3) is 0 Å². The maximum absolute atomic E-state index is 11.2. The van der Waals surface area contributed by atoms with Crippen molar-refractivity contribution in [1.29, 1.82) is 0 Å². The van der Waals surface area contributed by atoms with Gasteiger partial charge in [-0.25, -0.2) is 4.79 Å². The summed E-state index contributed by atoms with van der Waals surface area (Å²) >= 11 is 0. The third kappa shape index (κ3) is 2.73. The van der Waals surface area contributed by atoms with Gasteiger partial charge in [-0.05, 0) is 30.0 Å². The zero-order valence-electron chi connectivity index (χ0n) is 11.0. The lowest BCUT2D eigenvalue weighted by Crippen LogP contribution is -2.11. The monoisotopic (exact) mass is 260 g/mol. The fraction of sp³-hybridized carbons (Fsp3) is 0.533. The summed E-state index contributed by atoms with van der Waals surface area (Å²) in [6, 6.07) is 5.63. The van der Waals surface area contributed by atoms with Gasteiger partial charge in [0.2, 0.25) is 0 Å². The van der Waals surface area contributed by atoms with Crippen LogP contribution >= 0.6 is 0 Å². The van der Waals surface area contributed by atoms with Crippen LogP contribution in [-0.4, -0.2) is 15.1 Å². The lowest BCUT2D eigenvalue weighted by Gasteiger charge is -2.24. The Labute approximate surface area is 111 Å². The Kier molecular flexibility index (Phi) is 3.42. The predicted molar refractivity (Wildman–Crippen MR) is 75.1 cm³/mol. The molecule has 1 aromatic carbocycles. The van der Waals surface area contributed by atoms with E-state index in [2.05, 4.69) is 9.97 Å². The minimum Gasteiger partial charge on any atom is -0.388 e. The summed E-state index contributed by atoms with van der Waals surface area (Å²) in [5.41, 5.74) is 2.26. The van der Waals surface area contributed by atoms with Crippen LogP contribution in [0.2, 0.25) is 0 Å². The molecule has 1 atom stereocenters. The average Bonchev–Trinajstić information content (AvgIpc) is 2.78. The molecule has 1 unspecified atom stereocenters. The third-order valence-electron chi connectivity index (χ3n) is 4.21. The summed E-state index contributed by atoms with van der Waals surface area (Å²) in [4.78, 5) is 16.7. The highest BCUT2D eigenvalue weighted by molar-refractivity contribution is 5.75. The Morgan fingerprint density at radius 2 is 1.89 bits per heavy atom. The molecule has 4 heteroatoms. The topological polar surface area (TPSA) is 68.9 Å². The number of hydrogen-bond donors (Lipinski definition) is 3. The molecule has 1 saturated carbocycles. The number of aliphatic hydroxyl groups is 1. The molecule has 3 rings (SSSR count). The molecule has 1 heterocycles. The van der Waals surface area contributed by atoms with E-state index < -0.39 is 6.10 Å². The first-order chi connectivity index (χ1) is 9.22. The molecule has 0 saturated heterocycles. The SMILES string of the molecule is O=c1[nH]c2ccc(C(O)CC3CCCCC3)cc2[nH]1. The molecule has 1 aromatic heterocycles. The zero-order chi connectivity index (χ0) is 13.2. The molecular formula is C15H20N2O2. The Morgan fingerprint density at radius 3 is 2.68 bits per heavy atom. The number of nitrogens with one attached hydrogen (secondary N) is 2. The third-order valence-corrected chi connectivity index (χ3v) is 4.21. The lowest BCUT2D eigenvalue weighted by molar-refractivity contribution is 0.131. The van der Waals surface area contributed by atoms with E-state index in [9.17, 15) is 9.90 Å². The van der Waals surface area contributed by atoms with Gasteiger partial charge in [-0.15, -0.1) is 0 Å². The van der Waals surface area contributed by atoms with Gasteiger partial charge in [-0.1, -0.05) is 38.2 Å². The molecule has 0 spiro atoms. The van der Waals surface area contributed by atoms with Gasteiger partial charge in [-0.3, -0.25) is 0 Å². The standard InChI is InChI=1S/C15H20N2O2/c18-14(8-10-4-2-1-3-5-10)11-6-7-12-13(9-11)17-15(19)16-12/h6-7,9-10,14,18H,1-5,8H2,(H2,16,17,19). The second kappa shape index (κ2) is 5.21. The van der Waals surface area contributed by atoms with Gasteiger partial charge < -0.3 is 15.1 Å². The smallest absolute Gasteiger partial charge is 0.323 e. The van der Waals surface area contributed by atoms with Crippen molar-refractivity contribution < 1.29 is 5.11 Å². The van der Waals surface area contributed by atoms with E-state index in [-0.39, 0.29) is 5.69 Å². The second-order valence-corrected chi connectivity index (χ2v) is 5.64. The van der Waals surface area contributed by atoms with Crippen LogP contribution in [-0.2, 0) is 0 Å². The summed E-state index contributed by atoms with van der Waals surface area (Å²) in [6.45, 7) is 0. The molecule has 2 aromatic rings. The van der Waals surface area contributed by atoms with Crippen LogP contribution in [0.1, 0.15) is 50.2 Å². The Balaban J connectivity index is 1.76. The molecule has 19 heavy (non-hydrogen) atoms. The number of H-pyrrole nitrogens is 2. The van der Waals surface area contributed by atoms with Gasteiger partial charge in [0, 0.05) is 0 Å². The van der Waals surface area contributed by atoms with E-state index in [1.807, 2.05) is 18.2 Å². The van der Waals surface area contributed by atoms with Gasteiger partial charge in [-0.2, -0.15) is 0 Å². The highest BCUT2D eigenvalue weighted by Crippen LogP contribution is 2.32. The van der Waals surface area contributed by atoms with Crippen LogP contribution in [0.4, 0.5) is 0 Å². The minimum absolute atomic E-state index is 0.200. The number of aromatic nitrogens is 2. The van der Waals surface area contributed by atoms with Crippen LogP contribution in [0.3, 0.4) is 0 Å². The van der Waals surface area contributed by atoms with E-state index in [0.29, 0.717) is 5.92 Å². The summed E-state index contributed by atoms with van der Waals surface area (Å²) in [7, 11) is 0. The molecule has 1 aliphatic carbocycles. The Morgan fingerprint density at radius 1 is 1.16 bits per heavy atom. The molecule has 1 fully saturated rings. The van der Waals surface area contributed by atoms with Crippen LogP contribution < -0.4 is 5.69 Å². The van der Waals surface area contributed by atoms with Crippen molar-refractivity contribution >= 4 is 11.0 Å². The predicted octanol–water partition coefficient (Wildman–Crippen LogP) is 2.86. The van der Waals surface area contributed by atoms with Gasteiger partial charge in [0.05, 0.1) is 17.1 Å². The van der Waals surface area contributed by atoms with Gasteiger partial charge in [0.15, 0.2) is 0 Å². The van der Waals surface area contributed by atoms with Crippen LogP contribution in [0.5, 0.6) is 0 Å². The number of imidazole rings is 1. The fourth-order valence-corrected chi connectivity index (χ4v) is 3.13. The average molecular weight is 260 g/mol. The van der Waals surface area contributed by atoms with E-state index in [1.165, 1.54) is 32.1 Å². The normalized spacial score (nSPS) is 18.8. The largest absolute Gasteiger partial charge is 0.388 e. The molecule has 3 N–H and O–H groups in total. The highest BCUT2D eigenvalue weighted by atomic mass is 16.3. The lowest BCUT2D eigenvalue weighted by atomic mass is 9.84. The van der Waals surface area contributed by atoms with E-state index in [0.717, 1.165) is 23.0 Å². The van der Waals surface area contributed by atoms with Crippen molar-refractivity contribution in [3.05, 3.63) is 34.2 Å². The van der Waals surface area contributed by atoms with E-state index in [4.69, 9.17) is 0 Å². The second-order valence-electron chi connectivity index (χ2n) is 5.64. The van der Waals surface area contributed by atoms with Crippen molar-refractivity contribution in [2.45, 2.75) is 44.6 Å². The van der Waals surface area contributed by atoms with Crippen molar-refractivity contribution in [2.75, 3.05) is 0 Å². The summed E-state index contributed by atoms with van der Waals surface area (Å²) in [5, 5.41) is 10.3. The van der Waals surface area contributed by atoms with Crippen LogP contribution in [0, 0.1) is 5.92 Å². The zero-order valence-corrected chi connectivity index (χ0v) is 11.0. The van der Waals surface area contributed by atoms with Crippen LogP contribution in [0.15, 0.2) is 23.0 Å². The molecule has 0 amide bonds. The number of aromatic amines is 2. The first-order valence-electron chi connectivity index (χ1n) is 7.12. The number of fused-ring (bicyclic) bond motifs is 1. The molecule has 4 nitrogen and oxygen atoms in total. The first kappa shape index (κ1) is 12.5. The van der Waals surface area contributed by atoms with E-state index >= 15 is 0 Å². The minimum atomic E-state index is -0.425. The molecule has 0 aliphatic heterocycles. The summed E-state index contributed by atoms with van der Waals surface area (Å²) < 4.78 is 0. The van der Waals surface area contributed by atoms with Crippen LogP contribution in [0.25, 0.3) is 11.0 Å². The molecule has 1 aliphatic rings. The maximum Gasteiger partial charge on any atom is 0.323 e. The van der Waals surface area contributed by atoms with Crippen molar-refractivity contribution in [2.24, 2.45) is 5.92 Å². The Bertz CT molecular complexity index is 608. The van der Waals surface area contributed by atoms with Gasteiger partial charge >= 0.3 is 5.69 Å². The number of hydrogen-bond acceptors (Lipinski definition) is 2. The van der Waals surface area contributed by atoms with Crippen molar-refractivity contribution in [3.8, 4) is 0 Å². The number of aliphatic hydroxyl groups excluding tert-OH is 1. The van der Waals surface area contributed by atoms with Gasteiger partial charge in [0.1, 0.15) is 0 Å². The maximum atomic E-state index is 11.2. The molecule has 0 radical (unpaired) electrons. The fourth-order valence-electron chi connectivity index (χ4n) is 3.13.